The van der Waals surface area contributed by atoms with Crippen LogP contribution in [0.2, 0.25) is 0 Å². The maximum absolute atomic E-state index is 13.2. The molecule has 0 radical (unpaired) electrons. The molecule has 1 N–H and O–H groups in total. The Bertz CT molecular complexity index is 1490. The number of hydrogen-bond donors (Lipinski definition) is 1. The molecule has 1 aliphatic rings. The van der Waals surface area contributed by atoms with E-state index in [-0.39, 0.29) is 17.4 Å². The summed E-state index contributed by atoms with van der Waals surface area (Å²) in [5.41, 5.74) is 2.58. The van der Waals surface area contributed by atoms with Crippen molar-refractivity contribution >= 4 is 28.0 Å². The molecule has 166 valence electrons. The molecule has 9 nitrogen and oxygen atoms in total. The molecule has 1 fully saturated rings. The number of aryl methyl sites for hydroxylation is 3. The number of hydrogen-bond acceptors (Lipinski definition) is 5. The number of fused-ring (bicyclic) bond motifs is 2. The largest absolute Gasteiger partial charge is 0.451 e. The molecule has 0 spiro atoms. The fourth-order valence-corrected chi connectivity index (χ4v) is 4.57. The van der Waals surface area contributed by atoms with E-state index in [1.54, 1.807) is 7.05 Å². The van der Waals surface area contributed by atoms with Crippen LogP contribution in [0.3, 0.4) is 0 Å². The second-order valence-corrected chi connectivity index (χ2v) is 8.65. The second kappa shape index (κ2) is 7.22. The predicted molar refractivity (Wildman–Crippen MR) is 120 cm³/mol. The first-order valence-electron chi connectivity index (χ1n) is 10.7. The van der Waals surface area contributed by atoms with Crippen LogP contribution < -0.4 is 11.2 Å². The van der Waals surface area contributed by atoms with E-state index >= 15 is 0 Å². The average Bonchev–Trinajstić information content (AvgIpc) is 3.38. The molecule has 1 aliphatic heterocycles. The van der Waals surface area contributed by atoms with Crippen molar-refractivity contribution in [2.24, 2.45) is 14.1 Å². The Hall–Kier alpha value is -3.62. The number of likely N-dealkylation sites (tertiary alicyclic amines) is 1. The monoisotopic (exact) mass is 435 g/mol. The van der Waals surface area contributed by atoms with Gasteiger partial charge in [0.1, 0.15) is 16.9 Å². The van der Waals surface area contributed by atoms with Gasteiger partial charge in [-0.2, -0.15) is 0 Å². The first-order valence-corrected chi connectivity index (χ1v) is 10.7. The summed E-state index contributed by atoms with van der Waals surface area (Å²) in [4.78, 5) is 47.2. The van der Waals surface area contributed by atoms with Gasteiger partial charge in [-0.1, -0.05) is 12.1 Å². The van der Waals surface area contributed by atoms with E-state index in [1.165, 1.54) is 11.6 Å². The number of H-pyrrole nitrogens is 1. The maximum atomic E-state index is 13.2. The topological polar surface area (TPSA) is 106 Å². The van der Waals surface area contributed by atoms with Crippen LogP contribution in [0.15, 0.2) is 32.2 Å². The normalized spacial score (nSPS) is 15.2. The van der Waals surface area contributed by atoms with Crippen molar-refractivity contribution < 1.29 is 9.21 Å². The molecule has 3 aromatic heterocycles. The number of imidazole rings is 1. The van der Waals surface area contributed by atoms with E-state index in [0.29, 0.717) is 48.7 Å². The molecule has 0 unspecified atom stereocenters. The maximum Gasteiger partial charge on any atom is 0.332 e. The molecule has 0 atom stereocenters. The summed E-state index contributed by atoms with van der Waals surface area (Å²) in [5, 5.41) is 0.961. The number of benzene rings is 1. The third-order valence-corrected chi connectivity index (χ3v) is 6.57. The van der Waals surface area contributed by atoms with Crippen molar-refractivity contribution in [2.45, 2.75) is 32.6 Å². The lowest BCUT2D eigenvalue weighted by Crippen LogP contribution is -2.38. The predicted octanol–water partition coefficient (Wildman–Crippen LogP) is 2.34. The summed E-state index contributed by atoms with van der Waals surface area (Å²) in [5.74, 6) is 1.05. The van der Waals surface area contributed by atoms with Crippen LogP contribution in [0.5, 0.6) is 0 Å². The van der Waals surface area contributed by atoms with E-state index in [4.69, 9.17) is 4.42 Å². The molecule has 0 aliphatic carbocycles. The van der Waals surface area contributed by atoms with E-state index in [9.17, 15) is 14.4 Å². The highest BCUT2D eigenvalue weighted by Gasteiger charge is 2.30. The first-order chi connectivity index (χ1) is 15.3. The fourth-order valence-electron chi connectivity index (χ4n) is 4.57. The Morgan fingerprint density at radius 3 is 2.56 bits per heavy atom. The van der Waals surface area contributed by atoms with Gasteiger partial charge in [-0.3, -0.25) is 18.7 Å². The van der Waals surface area contributed by atoms with Gasteiger partial charge in [-0.25, -0.2) is 9.78 Å². The number of piperidine rings is 1. The minimum Gasteiger partial charge on any atom is -0.451 e. The lowest BCUT2D eigenvalue weighted by Gasteiger charge is -2.30. The van der Waals surface area contributed by atoms with E-state index in [0.717, 1.165) is 26.7 Å². The van der Waals surface area contributed by atoms with Gasteiger partial charge in [0.15, 0.2) is 11.4 Å². The minimum absolute atomic E-state index is 0.0747. The first kappa shape index (κ1) is 20.3. The van der Waals surface area contributed by atoms with Gasteiger partial charge in [-0.15, -0.1) is 0 Å². The van der Waals surface area contributed by atoms with Gasteiger partial charge in [-0.05, 0) is 38.3 Å². The number of aromatic nitrogens is 4. The lowest BCUT2D eigenvalue weighted by molar-refractivity contribution is 0.0680. The third-order valence-electron chi connectivity index (χ3n) is 6.57. The summed E-state index contributed by atoms with van der Waals surface area (Å²) in [6.07, 6.45) is 1.41. The molecule has 0 bridgehead atoms. The summed E-state index contributed by atoms with van der Waals surface area (Å²) in [7, 11) is 3.06. The second-order valence-electron chi connectivity index (χ2n) is 8.65. The van der Waals surface area contributed by atoms with Gasteiger partial charge in [0.2, 0.25) is 0 Å². The van der Waals surface area contributed by atoms with Gasteiger partial charge >= 0.3 is 5.69 Å². The average molecular weight is 435 g/mol. The number of aromatic amines is 1. The Labute approximate surface area is 183 Å². The van der Waals surface area contributed by atoms with Crippen LogP contribution in [0, 0.1) is 13.8 Å². The SMILES string of the molecule is Cc1ccc2c(C)c(C(=O)N3CCC(c4nc5c([nH]4)c(=O)n(C)c(=O)n5C)CC3)oc2c1. The number of carbonyl (C=O) groups excluding carboxylic acids is 1. The summed E-state index contributed by atoms with van der Waals surface area (Å²) in [6, 6.07) is 5.96. The lowest BCUT2D eigenvalue weighted by atomic mass is 9.96. The van der Waals surface area contributed by atoms with Crippen molar-refractivity contribution in [1.29, 1.82) is 0 Å². The zero-order valence-corrected chi connectivity index (χ0v) is 18.6. The van der Waals surface area contributed by atoms with Gasteiger partial charge in [0, 0.05) is 44.1 Å². The molecular formula is C23H25N5O4. The van der Waals surface area contributed by atoms with Crippen LogP contribution in [0.1, 0.15) is 46.3 Å². The van der Waals surface area contributed by atoms with Gasteiger partial charge < -0.3 is 14.3 Å². The molecule has 4 aromatic rings. The molecule has 1 saturated heterocycles. The van der Waals surface area contributed by atoms with Crippen LogP contribution in [-0.4, -0.2) is 43.0 Å². The van der Waals surface area contributed by atoms with Gasteiger partial charge in [0.25, 0.3) is 11.5 Å². The van der Waals surface area contributed by atoms with Crippen LogP contribution >= 0.6 is 0 Å². The van der Waals surface area contributed by atoms with E-state index in [2.05, 4.69) is 9.97 Å². The molecule has 5 rings (SSSR count). The summed E-state index contributed by atoms with van der Waals surface area (Å²) >= 11 is 0. The van der Waals surface area contributed by atoms with Crippen LogP contribution in [-0.2, 0) is 14.1 Å². The zero-order chi connectivity index (χ0) is 22.7. The molecule has 1 amide bonds. The standard InChI is InChI=1S/C23H25N5O4/c1-12-5-6-15-13(2)18(32-16(15)11-12)22(30)28-9-7-14(8-10-28)19-24-17-20(25-19)26(3)23(31)27(4)21(17)29/h5-6,11,14H,7-10H2,1-4H3,(H,24,25). The highest BCUT2D eigenvalue weighted by molar-refractivity contribution is 5.99. The highest BCUT2D eigenvalue weighted by Crippen LogP contribution is 2.31. The van der Waals surface area contributed by atoms with E-state index in [1.807, 2.05) is 36.9 Å². The summed E-state index contributed by atoms with van der Waals surface area (Å²) < 4.78 is 8.36. The van der Waals surface area contributed by atoms with Crippen molar-refractivity contribution in [2.75, 3.05) is 13.1 Å². The summed E-state index contributed by atoms with van der Waals surface area (Å²) in [6.45, 7) is 5.04. The van der Waals surface area contributed by atoms with Crippen molar-refractivity contribution in [3.05, 3.63) is 61.7 Å². The Morgan fingerprint density at radius 2 is 1.84 bits per heavy atom. The minimum atomic E-state index is -0.405. The highest BCUT2D eigenvalue weighted by atomic mass is 16.3. The Morgan fingerprint density at radius 1 is 1.12 bits per heavy atom. The van der Waals surface area contributed by atoms with E-state index < -0.39 is 5.69 Å². The van der Waals surface area contributed by atoms with Crippen molar-refractivity contribution in [3.63, 3.8) is 0 Å². The molecule has 1 aromatic carbocycles. The van der Waals surface area contributed by atoms with Crippen molar-refractivity contribution in [1.82, 2.24) is 24.0 Å². The van der Waals surface area contributed by atoms with Crippen LogP contribution in [0.4, 0.5) is 0 Å². The van der Waals surface area contributed by atoms with Crippen LogP contribution in [0.25, 0.3) is 22.1 Å². The fraction of sp³-hybridized carbons (Fsp3) is 0.391. The Kier molecular flexibility index (Phi) is 4.58. The number of rotatable bonds is 2. The smallest absolute Gasteiger partial charge is 0.332 e. The molecular weight excluding hydrogens is 410 g/mol. The zero-order valence-electron chi connectivity index (χ0n) is 18.6. The molecule has 0 saturated carbocycles. The number of carbonyl (C=O) groups is 1. The number of nitrogens with one attached hydrogen (secondary N) is 1. The number of nitrogens with zero attached hydrogens (tertiary/aromatic N) is 4. The van der Waals surface area contributed by atoms with Gasteiger partial charge in [0.05, 0.1) is 0 Å². The third kappa shape index (κ3) is 2.99. The molecule has 9 heteroatoms. The van der Waals surface area contributed by atoms with Crippen molar-refractivity contribution in [3.8, 4) is 0 Å². The number of amides is 1. The quantitative estimate of drug-likeness (QED) is 0.520. The number of furan rings is 1. The molecule has 4 heterocycles. The molecule has 32 heavy (non-hydrogen) atoms. The Balaban J connectivity index is 1.38.